The van der Waals surface area contributed by atoms with Gasteiger partial charge in [-0.15, -0.1) is 0 Å². The molecule has 0 aromatic carbocycles. The molecule has 0 radical (unpaired) electrons. The fraction of sp³-hybridized carbons (Fsp3) is 0.636. The van der Waals surface area contributed by atoms with Gasteiger partial charge in [-0.1, -0.05) is 0 Å². The Hall–Kier alpha value is -1.16. The molecule has 1 fully saturated rings. The first-order chi connectivity index (χ1) is 7.08. The van der Waals surface area contributed by atoms with Crippen LogP contribution in [0.1, 0.15) is 43.0 Å². The number of hydrogen-bond donors (Lipinski definition) is 1. The van der Waals surface area contributed by atoms with E-state index in [0.29, 0.717) is 11.4 Å². The second-order valence-electron chi connectivity index (χ2n) is 4.17. The normalized spacial score (nSPS) is 25.8. The molecule has 1 N–H and O–H groups in total. The van der Waals surface area contributed by atoms with Crippen molar-refractivity contribution in [3.8, 4) is 0 Å². The molecule has 1 aliphatic rings. The maximum absolute atomic E-state index is 11.5. The third-order valence-corrected chi connectivity index (χ3v) is 2.95. The predicted molar refractivity (Wildman–Crippen MR) is 56.9 cm³/mol. The lowest BCUT2D eigenvalue weighted by Crippen LogP contribution is -2.18. The Morgan fingerprint density at radius 2 is 2.13 bits per heavy atom. The summed E-state index contributed by atoms with van der Waals surface area (Å²) < 4.78 is 5.66. The van der Waals surface area contributed by atoms with E-state index in [0.717, 1.165) is 18.5 Å². The summed E-state index contributed by atoms with van der Waals surface area (Å²) in [5.41, 5.74) is 1.42. The van der Waals surface area contributed by atoms with Gasteiger partial charge in [-0.25, -0.2) is 4.98 Å². The number of hydrogen-bond acceptors (Lipinski definition) is 3. The van der Waals surface area contributed by atoms with E-state index in [-0.39, 0.29) is 17.8 Å². The molecule has 0 bridgehead atoms. The van der Waals surface area contributed by atoms with Gasteiger partial charge in [0.1, 0.15) is 11.9 Å². The van der Waals surface area contributed by atoms with Crippen molar-refractivity contribution in [2.75, 3.05) is 0 Å². The van der Waals surface area contributed by atoms with E-state index in [4.69, 9.17) is 4.74 Å². The fourth-order valence-electron chi connectivity index (χ4n) is 1.82. The highest BCUT2D eigenvalue weighted by molar-refractivity contribution is 5.15. The highest BCUT2D eigenvalue weighted by Gasteiger charge is 2.25. The first kappa shape index (κ1) is 10.4. The van der Waals surface area contributed by atoms with Crippen molar-refractivity contribution < 1.29 is 4.74 Å². The lowest BCUT2D eigenvalue weighted by Gasteiger charge is -2.11. The van der Waals surface area contributed by atoms with Crippen LogP contribution >= 0.6 is 0 Å². The lowest BCUT2D eigenvalue weighted by molar-refractivity contribution is 0.0500. The van der Waals surface area contributed by atoms with E-state index >= 15 is 0 Å². The van der Waals surface area contributed by atoms with Crippen LogP contribution in [0.2, 0.25) is 0 Å². The molecule has 0 aliphatic carbocycles. The third-order valence-electron chi connectivity index (χ3n) is 2.95. The summed E-state index contributed by atoms with van der Waals surface area (Å²) in [4.78, 5) is 18.7. The summed E-state index contributed by atoms with van der Waals surface area (Å²) >= 11 is 0. The molecule has 2 rings (SSSR count). The average molecular weight is 208 g/mol. The van der Waals surface area contributed by atoms with Gasteiger partial charge in [0, 0.05) is 11.3 Å². The Balaban J connectivity index is 2.34. The monoisotopic (exact) mass is 208 g/mol. The van der Waals surface area contributed by atoms with Gasteiger partial charge >= 0.3 is 0 Å². The molecular weight excluding hydrogens is 192 g/mol. The molecule has 4 heteroatoms. The number of aromatic amines is 1. The van der Waals surface area contributed by atoms with Crippen LogP contribution in [-0.2, 0) is 4.74 Å². The van der Waals surface area contributed by atoms with Crippen molar-refractivity contribution in [2.24, 2.45) is 0 Å². The average Bonchev–Trinajstić information content (AvgIpc) is 2.60. The van der Waals surface area contributed by atoms with Gasteiger partial charge in [-0.3, -0.25) is 4.79 Å². The molecule has 82 valence electrons. The molecule has 2 unspecified atom stereocenters. The summed E-state index contributed by atoms with van der Waals surface area (Å²) in [6.07, 6.45) is 2.20. The van der Waals surface area contributed by atoms with Crippen LogP contribution in [0.5, 0.6) is 0 Å². The maximum Gasteiger partial charge on any atom is 0.254 e. The number of rotatable bonds is 1. The quantitative estimate of drug-likeness (QED) is 0.763. The molecule has 15 heavy (non-hydrogen) atoms. The highest BCUT2D eigenvalue weighted by atomic mass is 16.5. The van der Waals surface area contributed by atoms with Crippen LogP contribution in [0.4, 0.5) is 0 Å². The standard InChI is InChI=1S/C11H16N2O2/c1-6-4-5-9(15-6)10-12-8(3)7(2)11(14)13-10/h6,9H,4-5H2,1-3H3,(H,12,13,14). The molecule has 4 nitrogen and oxygen atoms in total. The van der Waals surface area contributed by atoms with Crippen molar-refractivity contribution in [2.45, 2.75) is 45.8 Å². The van der Waals surface area contributed by atoms with Crippen molar-refractivity contribution in [3.63, 3.8) is 0 Å². The van der Waals surface area contributed by atoms with Crippen LogP contribution < -0.4 is 5.56 Å². The zero-order valence-corrected chi connectivity index (χ0v) is 9.33. The summed E-state index contributed by atoms with van der Waals surface area (Å²) in [5.74, 6) is 0.674. The lowest BCUT2D eigenvalue weighted by atomic mass is 10.2. The van der Waals surface area contributed by atoms with E-state index < -0.39 is 0 Å². The minimum Gasteiger partial charge on any atom is -0.367 e. The summed E-state index contributed by atoms with van der Waals surface area (Å²) in [6, 6.07) is 0. The van der Waals surface area contributed by atoms with Gasteiger partial charge in [-0.05, 0) is 33.6 Å². The smallest absolute Gasteiger partial charge is 0.254 e. The largest absolute Gasteiger partial charge is 0.367 e. The van der Waals surface area contributed by atoms with Crippen LogP contribution in [-0.4, -0.2) is 16.1 Å². The van der Waals surface area contributed by atoms with Crippen LogP contribution in [0.3, 0.4) is 0 Å². The highest BCUT2D eigenvalue weighted by Crippen LogP contribution is 2.29. The minimum atomic E-state index is -0.0550. The second kappa shape index (κ2) is 3.77. The van der Waals surface area contributed by atoms with Gasteiger partial charge < -0.3 is 9.72 Å². The number of ether oxygens (including phenoxy) is 1. The number of nitrogens with zero attached hydrogens (tertiary/aromatic N) is 1. The molecule has 0 saturated carbocycles. The van der Waals surface area contributed by atoms with Crippen LogP contribution in [0.25, 0.3) is 0 Å². The number of aromatic nitrogens is 2. The first-order valence-corrected chi connectivity index (χ1v) is 5.31. The molecule has 2 atom stereocenters. The van der Waals surface area contributed by atoms with Gasteiger partial charge in [-0.2, -0.15) is 0 Å². The molecular formula is C11H16N2O2. The van der Waals surface area contributed by atoms with Gasteiger partial charge in [0.25, 0.3) is 5.56 Å². The van der Waals surface area contributed by atoms with Crippen molar-refractivity contribution in [1.82, 2.24) is 9.97 Å². The topological polar surface area (TPSA) is 55.0 Å². The number of H-pyrrole nitrogens is 1. The zero-order valence-electron chi connectivity index (χ0n) is 9.33. The van der Waals surface area contributed by atoms with Crippen molar-refractivity contribution >= 4 is 0 Å². The van der Waals surface area contributed by atoms with Gasteiger partial charge in [0.2, 0.25) is 0 Å². The third kappa shape index (κ3) is 1.95. The Morgan fingerprint density at radius 1 is 1.40 bits per heavy atom. The molecule has 2 heterocycles. The predicted octanol–water partition coefficient (Wildman–Crippen LogP) is 1.63. The second-order valence-corrected chi connectivity index (χ2v) is 4.17. The van der Waals surface area contributed by atoms with E-state index in [1.54, 1.807) is 6.92 Å². The summed E-state index contributed by atoms with van der Waals surface area (Å²) in [5, 5.41) is 0. The molecule has 0 amide bonds. The van der Waals surface area contributed by atoms with E-state index in [1.807, 2.05) is 13.8 Å². The maximum atomic E-state index is 11.5. The summed E-state index contributed by atoms with van der Waals surface area (Å²) in [6.45, 7) is 5.68. The Bertz CT molecular complexity index is 425. The molecule has 1 saturated heterocycles. The Kier molecular flexibility index (Phi) is 2.61. The molecule has 0 spiro atoms. The van der Waals surface area contributed by atoms with E-state index in [1.165, 1.54) is 0 Å². The first-order valence-electron chi connectivity index (χ1n) is 5.31. The van der Waals surface area contributed by atoms with Gasteiger partial charge in [0.05, 0.1) is 6.10 Å². The molecule has 1 aliphatic heterocycles. The van der Waals surface area contributed by atoms with Gasteiger partial charge in [0.15, 0.2) is 0 Å². The molecule has 1 aromatic heterocycles. The summed E-state index contributed by atoms with van der Waals surface area (Å²) in [7, 11) is 0. The van der Waals surface area contributed by atoms with Crippen molar-refractivity contribution in [1.29, 1.82) is 0 Å². The zero-order chi connectivity index (χ0) is 11.0. The van der Waals surface area contributed by atoms with E-state index in [9.17, 15) is 4.79 Å². The van der Waals surface area contributed by atoms with Crippen LogP contribution in [0, 0.1) is 13.8 Å². The SMILES string of the molecule is Cc1nc(C2CCC(C)O2)[nH]c(=O)c1C. The van der Waals surface area contributed by atoms with Crippen LogP contribution in [0.15, 0.2) is 4.79 Å². The van der Waals surface area contributed by atoms with E-state index in [2.05, 4.69) is 9.97 Å². The van der Waals surface area contributed by atoms with Crippen molar-refractivity contribution in [3.05, 3.63) is 27.4 Å². The fourth-order valence-corrected chi connectivity index (χ4v) is 1.82. The minimum absolute atomic E-state index is 0.0352. The number of nitrogens with one attached hydrogen (secondary N) is 1. The number of aryl methyl sites for hydroxylation is 1. The molecule has 1 aromatic rings. The Morgan fingerprint density at radius 3 is 2.67 bits per heavy atom. The Labute approximate surface area is 88.7 Å².